The van der Waals surface area contributed by atoms with Crippen LogP contribution in [-0.2, 0) is 11.3 Å². The molecule has 2 rings (SSSR count). The Morgan fingerprint density at radius 2 is 1.75 bits per heavy atom. The molecule has 0 bridgehead atoms. The highest BCUT2D eigenvalue weighted by atomic mass is 127. The van der Waals surface area contributed by atoms with E-state index in [1.54, 1.807) is 0 Å². The molecular formula is C24H42IN5O2. The maximum Gasteiger partial charge on any atom is 0.251 e. The summed E-state index contributed by atoms with van der Waals surface area (Å²) in [6.45, 7) is 15.0. The number of guanidine groups is 1. The predicted octanol–water partition coefficient (Wildman–Crippen LogP) is 3.25. The molecule has 0 spiro atoms. The summed E-state index contributed by atoms with van der Waals surface area (Å²) in [5.41, 5.74) is 1.69. The molecule has 1 amide bonds. The number of benzene rings is 1. The Morgan fingerprint density at radius 3 is 2.38 bits per heavy atom. The van der Waals surface area contributed by atoms with E-state index in [0.717, 1.165) is 50.9 Å². The minimum atomic E-state index is -0.0445. The van der Waals surface area contributed by atoms with E-state index in [1.165, 1.54) is 12.8 Å². The van der Waals surface area contributed by atoms with Gasteiger partial charge in [0.2, 0.25) is 0 Å². The van der Waals surface area contributed by atoms with Crippen molar-refractivity contribution in [2.24, 2.45) is 10.9 Å². The fourth-order valence-electron chi connectivity index (χ4n) is 4.12. The van der Waals surface area contributed by atoms with Gasteiger partial charge in [0.1, 0.15) is 0 Å². The van der Waals surface area contributed by atoms with Crippen molar-refractivity contribution in [2.45, 2.75) is 53.1 Å². The number of amides is 1. The fraction of sp³-hybridized carbons (Fsp3) is 0.667. The molecule has 1 saturated heterocycles. The summed E-state index contributed by atoms with van der Waals surface area (Å²) in [5, 5.41) is 9.78. The molecule has 1 heterocycles. The Bertz CT molecular complexity index is 691. The number of ether oxygens (including phenoxy) is 1. The number of morpholine rings is 1. The van der Waals surface area contributed by atoms with E-state index >= 15 is 0 Å². The SMILES string of the molecule is CCNC(=O)c1cccc(CN=C(NCC)NCC(C(CC)CC)N2CCOCC2)c1.I. The van der Waals surface area contributed by atoms with Crippen LogP contribution in [0.3, 0.4) is 0 Å². The largest absolute Gasteiger partial charge is 0.379 e. The van der Waals surface area contributed by atoms with Crippen molar-refractivity contribution in [1.29, 1.82) is 0 Å². The molecule has 0 saturated carbocycles. The third-order valence-electron chi connectivity index (χ3n) is 5.88. The van der Waals surface area contributed by atoms with Crippen LogP contribution in [0.25, 0.3) is 0 Å². The van der Waals surface area contributed by atoms with Gasteiger partial charge in [-0.1, -0.05) is 38.8 Å². The topological polar surface area (TPSA) is 78.0 Å². The van der Waals surface area contributed by atoms with Gasteiger partial charge in [-0.05, 0) is 37.5 Å². The summed E-state index contributed by atoms with van der Waals surface area (Å²) in [5.74, 6) is 1.41. The van der Waals surface area contributed by atoms with Gasteiger partial charge in [0.05, 0.1) is 19.8 Å². The van der Waals surface area contributed by atoms with Crippen LogP contribution in [0.2, 0.25) is 0 Å². The lowest BCUT2D eigenvalue weighted by atomic mass is 9.92. The van der Waals surface area contributed by atoms with Crippen LogP contribution < -0.4 is 16.0 Å². The first-order valence-corrected chi connectivity index (χ1v) is 11.8. The minimum absolute atomic E-state index is 0. The molecule has 1 aliphatic rings. The number of nitrogens with zero attached hydrogens (tertiary/aromatic N) is 2. The van der Waals surface area contributed by atoms with Crippen LogP contribution in [0.4, 0.5) is 0 Å². The molecule has 1 unspecified atom stereocenters. The lowest BCUT2D eigenvalue weighted by molar-refractivity contribution is 0.00272. The molecule has 1 aliphatic heterocycles. The van der Waals surface area contributed by atoms with Crippen LogP contribution in [0.5, 0.6) is 0 Å². The molecule has 1 aromatic carbocycles. The monoisotopic (exact) mass is 559 g/mol. The average Bonchev–Trinajstić information content (AvgIpc) is 2.81. The van der Waals surface area contributed by atoms with Crippen LogP contribution in [0.15, 0.2) is 29.3 Å². The molecular weight excluding hydrogens is 517 g/mol. The van der Waals surface area contributed by atoms with E-state index in [4.69, 9.17) is 9.73 Å². The number of carbonyl (C=O) groups is 1. The van der Waals surface area contributed by atoms with Gasteiger partial charge < -0.3 is 20.7 Å². The second-order valence-corrected chi connectivity index (χ2v) is 7.93. The molecule has 182 valence electrons. The van der Waals surface area contributed by atoms with E-state index in [1.807, 2.05) is 31.2 Å². The van der Waals surface area contributed by atoms with E-state index in [2.05, 4.69) is 41.6 Å². The van der Waals surface area contributed by atoms with Gasteiger partial charge in [-0.3, -0.25) is 9.69 Å². The number of aliphatic imine (C=N–C) groups is 1. The molecule has 3 N–H and O–H groups in total. The Kier molecular flexibility index (Phi) is 14.6. The molecule has 0 aliphatic carbocycles. The molecule has 1 atom stereocenters. The zero-order chi connectivity index (χ0) is 22.5. The summed E-state index contributed by atoms with van der Waals surface area (Å²) in [4.78, 5) is 19.4. The Hall–Kier alpha value is -1.39. The second-order valence-electron chi connectivity index (χ2n) is 7.93. The van der Waals surface area contributed by atoms with Crippen LogP contribution in [0.1, 0.15) is 56.5 Å². The molecule has 0 aromatic heterocycles. The van der Waals surface area contributed by atoms with E-state index in [9.17, 15) is 4.79 Å². The van der Waals surface area contributed by atoms with Crippen LogP contribution in [-0.4, -0.2) is 68.7 Å². The van der Waals surface area contributed by atoms with Gasteiger partial charge in [-0.25, -0.2) is 4.99 Å². The summed E-state index contributed by atoms with van der Waals surface area (Å²) >= 11 is 0. The zero-order valence-electron chi connectivity index (χ0n) is 20.2. The second kappa shape index (κ2) is 16.3. The van der Waals surface area contributed by atoms with E-state index in [-0.39, 0.29) is 29.9 Å². The number of rotatable bonds is 11. The minimum Gasteiger partial charge on any atom is -0.379 e. The summed E-state index contributed by atoms with van der Waals surface area (Å²) < 4.78 is 5.56. The summed E-state index contributed by atoms with van der Waals surface area (Å²) in [7, 11) is 0. The molecule has 7 nitrogen and oxygen atoms in total. The fourth-order valence-corrected chi connectivity index (χ4v) is 4.12. The Morgan fingerprint density at radius 1 is 1.06 bits per heavy atom. The van der Waals surface area contributed by atoms with Crippen molar-refractivity contribution in [3.8, 4) is 0 Å². The lowest BCUT2D eigenvalue weighted by Gasteiger charge is -2.39. The molecule has 1 aromatic rings. The first-order chi connectivity index (χ1) is 15.1. The van der Waals surface area contributed by atoms with Crippen molar-refractivity contribution in [3.63, 3.8) is 0 Å². The first kappa shape index (κ1) is 28.6. The standard InChI is InChI=1S/C24H41N5O2.HI/c1-5-20(6-2)22(29-12-14-31-15-13-29)18-28-24(26-8-4)27-17-19-10-9-11-21(16-19)23(30)25-7-3;/h9-11,16,20,22H,5-8,12-15,17-18H2,1-4H3,(H,25,30)(H2,26,27,28);1H. The average molecular weight is 560 g/mol. The first-order valence-electron chi connectivity index (χ1n) is 11.8. The van der Waals surface area contributed by atoms with Crippen molar-refractivity contribution >= 4 is 35.8 Å². The van der Waals surface area contributed by atoms with Gasteiger partial charge in [0, 0.05) is 44.3 Å². The highest BCUT2D eigenvalue weighted by molar-refractivity contribution is 14.0. The van der Waals surface area contributed by atoms with E-state index < -0.39 is 0 Å². The van der Waals surface area contributed by atoms with Crippen molar-refractivity contribution < 1.29 is 9.53 Å². The highest BCUT2D eigenvalue weighted by Crippen LogP contribution is 2.19. The Balaban J connectivity index is 0.00000512. The van der Waals surface area contributed by atoms with Gasteiger partial charge in [-0.15, -0.1) is 24.0 Å². The van der Waals surface area contributed by atoms with E-state index in [0.29, 0.717) is 30.6 Å². The number of carbonyl (C=O) groups excluding carboxylic acids is 1. The molecule has 8 heteroatoms. The van der Waals surface area contributed by atoms with Gasteiger partial charge >= 0.3 is 0 Å². The van der Waals surface area contributed by atoms with Gasteiger partial charge in [-0.2, -0.15) is 0 Å². The third kappa shape index (κ3) is 9.23. The van der Waals surface area contributed by atoms with Crippen molar-refractivity contribution in [2.75, 3.05) is 45.9 Å². The number of hydrogen-bond acceptors (Lipinski definition) is 4. The third-order valence-corrected chi connectivity index (χ3v) is 5.88. The number of halogens is 1. The molecule has 0 radical (unpaired) electrons. The smallest absolute Gasteiger partial charge is 0.251 e. The quantitative estimate of drug-likeness (QED) is 0.221. The van der Waals surface area contributed by atoms with Crippen molar-refractivity contribution in [3.05, 3.63) is 35.4 Å². The predicted molar refractivity (Wildman–Crippen MR) is 143 cm³/mol. The normalized spacial score (nSPS) is 15.7. The van der Waals surface area contributed by atoms with Crippen molar-refractivity contribution in [1.82, 2.24) is 20.9 Å². The van der Waals surface area contributed by atoms with Gasteiger partial charge in [0.15, 0.2) is 5.96 Å². The number of hydrogen-bond donors (Lipinski definition) is 3. The highest BCUT2D eigenvalue weighted by Gasteiger charge is 2.27. The van der Waals surface area contributed by atoms with Gasteiger partial charge in [0.25, 0.3) is 5.91 Å². The lowest BCUT2D eigenvalue weighted by Crippen LogP contribution is -2.53. The maximum absolute atomic E-state index is 12.1. The molecule has 1 fully saturated rings. The van der Waals surface area contributed by atoms with Crippen LogP contribution >= 0.6 is 24.0 Å². The Labute approximate surface area is 211 Å². The zero-order valence-corrected chi connectivity index (χ0v) is 22.5. The van der Waals surface area contributed by atoms with Crippen LogP contribution in [0, 0.1) is 5.92 Å². The molecule has 32 heavy (non-hydrogen) atoms. The summed E-state index contributed by atoms with van der Waals surface area (Å²) in [6, 6.07) is 8.14. The summed E-state index contributed by atoms with van der Waals surface area (Å²) in [6.07, 6.45) is 2.33. The number of nitrogens with one attached hydrogen (secondary N) is 3. The maximum atomic E-state index is 12.1.